The van der Waals surface area contributed by atoms with Crippen molar-refractivity contribution < 1.29 is 0 Å². The highest BCUT2D eigenvalue weighted by molar-refractivity contribution is 6.30. The molecule has 0 bridgehead atoms. The molecule has 3 aromatic rings. The van der Waals surface area contributed by atoms with Crippen molar-refractivity contribution in [3.8, 4) is 0 Å². The van der Waals surface area contributed by atoms with Gasteiger partial charge in [0, 0.05) is 35.2 Å². The molecule has 3 heterocycles. The Morgan fingerprint density at radius 1 is 1.11 bits per heavy atom. The number of aromatic nitrogens is 2. The molecule has 2 aromatic carbocycles. The van der Waals surface area contributed by atoms with Crippen molar-refractivity contribution in [1.82, 2.24) is 25.7 Å². The lowest BCUT2D eigenvalue weighted by molar-refractivity contribution is 0.294. The summed E-state index contributed by atoms with van der Waals surface area (Å²) in [6, 6.07) is 16.7. The Morgan fingerprint density at radius 3 is 2.75 bits per heavy atom. The van der Waals surface area contributed by atoms with Gasteiger partial charge in [-0.25, -0.2) is 0 Å². The maximum absolute atomic E-state index is 6.12. The SMILES string of the molecule is CC1=C2c3ccc(Cn4cccn4)cc3N(c3ccc(Cl)cc3)CCN2NN1. The third kappa shape index (κ3) is 3.00. The molecule has 0 atom stereocenters. The lowest BCUT2D eigenvalue weighted by Crippen LogP contribution is -2.40. The molecular weight excluding hydrogens is 372 g/mol. The summed E-state index contributed by atoms with van der Waals surface area (Å²) < 4.78 is 1.95. The van der Waals surface area contributed by atoms with Crippen molar-refractivity contribution in [2.24, 2.45) is 0 Å². The van der Waals surface area contributed by atoms with Crippen LogP contribution in [0.2, 0.25) is 5.02 Å². The van der Waals surface area contributed by atoms with Crippen LogP contribution >= 0.6 is 11.6 Å². The number of fused-ring (bicyclic) bond motifs is 3. The Labute approximate surface area is 169 Å². The maximum atomic E-state index is 6.12. The van der Waals surface area contributed by atoms with Crippen molar-refractivity contribution in [3.05, 3.63) is 82.8 Å². The lowest BCUT2D eigenvalue weighted by Gasteiger charge is -2.25. The van der Waals surface area contributed by atoms with E-state index in [2.05, 4.69) is 63.2 Å². The Balaban J connectivity index is 1.63. The minimum atomic E-state index is 0.743. The predicted molar refractivity (Wildman–Crippen MR) is 112 cm³/mol. The molecule has 0 saturated carbocycles. The van der Waals surface area contributed by atoms with E-state index in [1.165, 1.54) is 22.5 Å². The van der Waals surface area contributed by atoms with Crippen LogP contribution in [0, 0.1) is 0 Å². The molecule has 142 valence electrons. The molecule has 0 saturated heterocycles. The number of allylic oxidation sites excluding steroid dienone is 1. The van der Waals surface area contributed by atoms with E-state index in [4.69, 9.17) is 11.6 Å². The molecule has 0 fully saturated rings. The van der Waals surface area contributed by atoms with Gasteiger partial charge >= 0.3 is 0 Å². The molecule has 0 aliphatic carbocycles. The van der Waals surface area contributed by atoms with Crippen molar-refractivity contribution in [2.45, 2.75) is 13.5 Å². The van der Waals surface area contributed by atoms with Gasteiger partial charge in [-0.15, -0.1) is 5.53 Å². The fourth-order valence-electron chi connectivity index (χ4n) is 3.87. The van der Waals surface area contributed by atoms with Crippen LogP contribution in [0.4, 0.5) is 11.4 Å². The number of nitrogens with one attached hydrogen (secondary N) is 2. The van der Waals surface area contributed by atoms with Gasteiger partial charge < -0.3 is 10.3 Å². The van der Waals surface area contributed by atoms with Crippen LogP contribution in [0.1, 0.15) is 18.1 Å². The first-order chi connectivity index (χ1) is 13.7. The number of hydrazine groups is 2. The smallest absolute Gasteiger partial charge is 0.0832 e. The first-order valence-corrected chi connectivity index (χ1v) is 9.71. The van der Waals surface area contributed by atoms with Crippen LogP contribution in [0.3, 0.4) is 0 Å². The Hall–Kier alpha value is -2.96. The number of benzene rings is 2. The first-order valence-electron chi connectivity index (χ1n) is 9.33. The van der Waals surface area contributed by atoms with Crippen LogP contribution in [-0.4, -0.2) is 27.9 Å². The lowest BCUT2D eigenvalue weighted by atomic mass is 10.0. The largest absolute Gasteiger partial charge is 0.339 e. The number of nitrogens with zero attached hydrogens (tertiary/aromatic N) is 4. The Bertz CT molecular complexity index is 1030. The van der Waals surface area contributed by atoms with Crippen molar-refractivity contribution in [1.29, 1.82) is 0 Å². The molecule has 2 aliphatic heterocycles. The third-order valence-electron chi connectivity index (χ3n) is 5.20. The van der Waals surface area contributed by atoms with Gasteiger partial charge in [0.1, 0.15) is 0 Å². The molecule has 28 heavy (non-hydrogen) atoms. The van der Waals surface area contributed by atoms with Crippen LogP contribution in [0.5, 0.6) is 0 Å². The Kier molecular flexibility index (Phi) is 4.22. The maximum Gasteiger partial charge on any atom is 0.0832 e. The summed E-state index contributed by atoms with van der Waals surface area (Å²) >= 11 is 6.12. The van der Waals surface area contributed by atoms with Crippen LogP contribution in [0.25, 0.3) is 5.70 Å². The Morgan fingerprint density at radius 2 is 1.96 bits per heavy atom. The topological polar surface area (TPSA) is 48.4 Å². The summed E-state index contributed by atoms with van der Waals surface area (Å²) in [6.45, 7) is 4.55. The van der Waals surface area contributed by atoms with Crippen LogP contribution < -0.4 is 15.9 Å². The second-order valence-electron chi connectivity index (χ2n) is 7.05. The molecule has 6 nitrogen and oxygen atoms in total. The second kappa shape index (κ2) is 6.89. The summed E-state index contributed by atoms with van der Waals surface area (Å²) in [5, 5.41) is 7.27. The van der Waals surface area contributed by atoms with E-state index in [9.17, 15) is 0 Å². The highest BCUT2D eigenvalue weighted by atomic mass is 35.5. The fraction of sp³-hybridized carbons (Fsp3) is 0.190. The van der Waals surface area contributed by atoms with E-state index in [0.717, 1.165) is 36.0 Å². The zero-order valence-corrected chi connectivity index (χ0v) is 16.3. The van der Waals surface area contributed by atoms with Crippen molar-refractivity contribution in [3.63, 3.8) is 0 Å². The summed E-state index contributed by atoms with van der Waals surface area (Å²) in [5.74, 6) is 0. The molecule has 1 aromatic heterocycles. The number of rotatable bonds is 3. The van der Waals surface area contributed by atoms with Crippen LogP contribution in [0.15, 0.2) is 66.6 Å². The van der Waals surface area contributed by atoms with E-state index < -0.39 is 0 Å². The predicted octanol–water partition coefficient (Wildman–Crippen LogP) is 3.75. The minimum Gasteiger partial charge on any atom is -0.339 e. The zero-order chi connectivity index (χ0) is 19.1. The van der Waals surface area contributed by atoms with Crippen molar-refractivity contribution >= 4 is 28.7 Å². The van der Waals surface area contributed by atoms with Gasteiger partial charge in [-0.2, -0.15) is 5.10 Å². The fourth-order valence-corrected chi connectivity index (χ4v) is 4.00. The van der Waals surface area contributed by atoms with E-state index >= 15 is 0 Å². The van der Waals surface area contributed by atoms with Gasteiger partial charge in [0.15, 0.2) is 0 Å². The summed E-state index contributed by atoms with van der Waals surface area (Å²) in [7, 11) is 0. The summed E-state index contributed by atoms with van der Waals surface area (Å²) in [5.41, 5.74) is 13.6. The number of hydrogen-bond acceptors (Lipinski definition) is 5. The van der Waals surface area contributed by atoms with Crippen LogP contribution in [-0.2, 0) is 6.54 Å². The normalized spacial score (nSPS) is 15.9. The highest BCUT2D eigenvalue weighted by Gasteiger charge is 2.29. The van der Waals surface area contributed by atoms with Gasteiger partial charge in [0.2, 0.25) is 0 Å². The van der Waals surface area contributed by atoms with E-state index in [-0.39, 0.29) is 0 Å². The standard InChI is InChI=1S/C21H21ClN6/c1-15-21-19-8-3-16(14-26-10-2-9-23-26)13-20(19)27(11-12-28(21)25-24-15)18-6-4-17(22)5-7-18/h2-10,13,24-25H,11-12,14H2,1H3. The molecule has 0 spiro atoms. The number of anilines is 2. The minimum absolute atomic E-state index is 0.743. The monoisotopic (exact) mass is 392 g/mol. The second-order valence-corrected chi connectivity index (χ2v) is 7.48. The molecule has 2 aliphatic rings. The average molecular weight is 393 g/mol. The summed E-state index contributed by atoms with van der Waals surface area (Å²) in [4.78, 5) is 2.36. The third-order valence-corrected chi connectivity index (χ3v) is 5.45. The molecular formula is C21H21ClN6. The highest BCUT2D eigenvalue weighted by Crippen LogP contribution is 2.39. The first kappa shape index (κ1) is 17.2. The van der Waals surface area contributed by atoms with E-state index in [1.807, 2.05) is 35.3 Å². The quantitative estimate of drug-likeness (QED) is 0.711. The van der Waals surface area contributed by atoms with Gasteiger partial charge in [0.25, 0.3) is 0 Å². The van der Waals surface area contributed by atoms with Gasteiger partial charge in [0.05, 0.1) is 30.2 Å². The number of hydrogen-bond donors (Lipinski definition) is 2. The van der Waals surface area contributed by atoms with Gasteiger partial charge in [-0.3, -0.25) is 9.69 Å². The molecule has 2 N–H and O–H groups in total. The molecule has 0 radical (unpaired) electrons. The van der Waals surface area contributed by atoms with Gasteiger partial charge in [-0.05, 0) is 48.9 Å². The number of halogens is 1. The van der Waals surface area contributed by atoms with E-state index in [1.54, 1.807) is 0 Å². The summed E-state index contributed by atoms with van der Waals surface area (Å²) in [6.07, 6.45) is 3.80. The molecule has 7 heteroatoms. The average Bonchev–Trinajstić information content (AvgIpc) is 3.30. The van der Waals surface area contributed by atoms with Gasteiger partial charge in [-0.1, -0.05) is 23.7 Å². The van der Waals surface area contributed by atoms with Crippen molar-refractivity contribution in [2.75, 3.05) is 18.0 Å². The molecule has 0 unspecified atom stereocenters. The zero-order valence-electron chi connectivity index (χ0n) is 15.6. The molecule has 0 amide bonds. The van der Waals surface area contributed by atoms with E-state index in [0.29, 0.717) is 0 Å². The molecule has 5 rings (SSSR count).